The summed E-state index contributed by atoms with van der Waals surface area (Å²) in [6.45, 7) is 1.46. The third-order valence-electron chi connectivity index (χ3n) is 6.22. The van der Waals surface area contributed by atoms with Gasteiger partial charge in [0, 0.05) is 18.5 Å². The van der Waals surface area contributed by atoms with E-state index in [1.807, 2.05) is 31.3 Å². The zero-order valence-corrected chi connectivity index (χ0v) is 19.2. The molecular formula is C25H30F3N5O. The Bertz CT molecular complexity index is 1080. The lowest BCUT2D eigenvalue weighted by molar-refractivity contribution is -0.274. The minimum absolute atomic E-state index is 0.124. The molecular weight excluding hydrogens is 443 g/mol. The molecule has 34 heavy (non-hydrogen) atoms. The SMILES string of the molecule is CNc1nc(N[C@H]2CC[C@@H](CNCCc3ccccc3OC(F)(F)F)CC2)nc2ccccc12. The number of hydrogen-bond acceptors (Lipinski definition) is 6. The number of ether oxygens (including phenoxy) is 1. The van der Waals surface area contributed by atoms with E-state index in [0.717, 1.165) is 48.9 Å². The number of anilines is 2. The number of fused-ring (bicyclic) bond motifs is 1. The first kappa shape index (κ1) is 24.1. The van der Waals surface area contributed by atoms with Gasteiger partial charge in [-0.15, -0.1) is 13.2 Å². The molecule has 1 fully saturated rings. The highest BCUT2D eigenvalue weighted by Crippen LogP contribution is 2.28. The van der Waals surface area contributed by atoms with Crippen molar-refractivity contribution in [2.24, 2.45) is 5.92 Å². The zero-order chi connectivity index (χ0) is 24.0. The normalized spacial score (nSPS) is 18.6. The van der Waals surface area contributed by atoms with Crippen LogP contribution in [0.25, 0.3) is 10.9 Å². The van der Waals surface area contributed by atoms with Crippen molar-refractivity contribution in [1.82, 2.24) is 15.3 Å². The van der Waals surface area contributed by atoms with Crippen molar-refractivity contribution < 1.29 is 17.9 Å². The molecule has 0 amide bonds. The van der Waals surface area contributed by atoms with Gasteiger partial charge in [0.15, 0.2) is 0 Å². The number of nitrogens with one attached hydrogen (secondary N) is 3. The van der Waals surface area contributed by atoms with Gasteiger partial charge in [-0.1, -0.05) is 30.3 Å². The van der Waals surface area contributed by atoms with Crippen LogP contribution in [0.2, 0.25) is 0 Å². The van der Waals surface area contributed by atoms with Crippen LogP contribution in [0, 0.1) is 5.92 Å². The van der Waals surface area contributed by atoms with Crippen LogP contribution < -0.4 is 20.7 Å². The molecule has 0 unspecified atom stereocenters. The number of para-hydroxylation sites is 2. The van der Waals surface area contributed by atoms with E-state index in [4.69, 9.17) is 0 Å². The average Bonchev–Trinajstić information content (AvgIpc) is 2.82. The molecule has 1 heterocycles. The van der Waals surface area contributed by atoms with Gasteiger partial charge >= 0.3 is 6.36 Å². The lowest BCUT2D eigenvalue weighted by Crippen LogP contribution is -2.32. The van der Waals surface area contributed by atoms with Crippen molar-refractivity contribution in [2.75, 3.05) is 30.8 Å². The van der Waals surface area contributed by atoms with E-state index in [9.17, 15) is 13.2 Å². The largest absolute Gasteiger partial charge is 0.573 e. The Morgan fingerprint density at radius 3 is 2.47 bits per heavy atom. The van der Waals surface area contributed by atoms with Crippen LogP contribution in [-0.4, -0.2) is 42.5 Å². The quantitative estimate of drug-likeness (QED) is 0.363. The first-order valence-corrected chi connectivity index (χ1v) is 11.7. The molecule has 0 aliphatic heterocycles. The van der Waals surface area contributed by atoms with Gasteiger partial charge < -0.3 is 20.7 Å². The molecule has 0 atom stereocenters. The van der Waals surface area contributed by atoms with Crippen LogP contribution in [0.3, 0.4) is 0 Å². The summed E-state index contributed by atoms with van der Waals surface area (Å²) in [6, 6.07) is 14.6. The summed E-state index contributed by atoms with van der Waals surface area (Å²) >= 11 is 0. The Morgan fingerprint density at radius 1 is 0.971 bits per heavy atom. The topological polar surface area (TPSA) is 71.1 Å². The summed E-state index contributed by atoms with van der Waals surface area (Å²) in [5, 5.41) is 11.0. The van der Waals surface area contributed by atoms with E-state index >= 15 is 0 Å². The Kier molecular flexibility index (Phi) is 7.72. The van der Waals surface area contributed by atoms with Crippen LogP contribution in [0.15, 0.2) is 48.5 Å². The maximum Gasteiger partial charge on any atom is 0.573 e. The second kappa shape index (κ2) is 10.9. The molecule has 2 aromatic carbocycles. The number of hydrogen-bond donors (Lipinski definition) is 3. The van der Waals surface area contributed by atoms with Crippen molar-refractivity contribution in [3.05, 3.63) is 54.1 Å². The lowest BCUT2D eigenvalue weighted by Gasteiger charge is -2.29. The van der Waals surface area contributed by atoms with Crippen LogP contribution in [0.1, 0.15) is 31.2 Å². The Morgan fingerprint density at radius 2 is 1.71 bits per heavy atom. The van der Waals surface area contributed by atoms with Crippen LogP contribution in [0.4, 0.5) is 24.9 Å². The second-order valence-corrected chi connectivity index (χ2v) is 8.63. The Balaban J connectivity index is 1.22. The fourth-order valence-corrected chi connectivity index (χ4v) is 4.49. The molecule has 3 N–H and O–H groups in total. The number of rotatable bonds is 9. The van der Waals surface area contributed by atoms with E-state index in [1.165, 1.54) is 6.07 Å². The second-order valence-electron chi connectivity index (χ2n) is 8.63. The predicted octanol–water partition coefficient (Wildman–Crippen LogP) is 5.37. The fraction of sp³-hybridized carbons (Fsp3) is 0.440. The molecule has 6 nitrogen and oxygen atoms in total. The van der Waals surface area contributed by atoms with Crippen LogP contribution in [0.5, 0.6) is 5.75 Å². The summed E-state index contributed by atoms with van der Waals surface area (Å²) in [5.74, 6) is 1.88. The molecule has 0 radical (unpaired) electrons. The van der Waals surface area contributed by atoms with E-state index in [0.29, 0.717) is 36.4 Å². The summed E-state index contributed by atoms with van der Waals surface area (Å²) < 4.78 is 41.9. The zero-order valence-electron chi connectivity index (χ0n) is 19.2. The summed E-state index contributed by atoms with van der Waals surface area (Å²) in [7, 11) is 1.86. The molecule has 0 saturated heterocycles. The Labute approximate surface area is 197 Å². The maximum atomic E-state index is 12.6. The smallest absolute Gasteiger partial charge is 0.406 e. The van der Waals surface area contributed by atoms with Crippen molar-refractivity contribution in [2.45, 2.75) is 44.5 Å². The minimum atomic E-state index is -4.68. The Hall–Kier alpha value is -3.07. The number of benzene rings is 2. The summed E-state index contributed by atoms with van der Waals surface area (Å²) in [6.07, 6.45) is 0.00806. The van der Waals surface area contributed by atoms with Gasteiger partial charge in [0.1, 0.15) is 11.6 Å². The van der Waals surface area contributed by atoms with Gasteiger partial charge in [0.2, 0.25) is 5.95 Å². The van der Waals surface area contributed by atoms with E-state index in [1.54, 1.807) is 18.2 Å². The molecule has 3 aromatic rings. The molecule has 1 aromatic heterocycles. The highest BCUT2D eigenvalue weighted by molar-refractivity contribution is 5.89. The van der Waals surface area contributed by atoms with E-state index in [2.05, 4.69) is 30.7 Å². The highest BCUT2D eigenvalue weighted by Gasteiger charge is 2.32. The van der Waals surface area contributed by atoms with E-state index < -0.39 is 6.36 Å². The van der Waals surface area contributed by atoms with Crippen molar-refractivity contribution in [3.63, 3.8) is 0 Å². The average molecular weight is 474 g/mol. The lowest BCUT2D eigenvalue weighted by atomic mass is 9.86. The number of nitrogens with zero attached hydrogens (tertiary/aromatic N) is 2. The van der Waals surface area contributed by atoms with Crippen LogP contribution in [-0.2, 0) is 6.42 Å². The monoisotopic (exact) mass is 473 g/mol. The molecule has 1 aliphatic rings. The number of alkyl halides is 3. The van der Waals surface area contributed by atoms with Crippen molar-refractivity contribution in [3.8, 4) is 5.75 Å². The van der Waals surface area contributed by atoms with Gasteiger partial charge in [-0.25, -0.2) is 4.98 Å². The molecule has 0 bridgehead atoms. The molecule has 182 valence electrons. The third kappa shape index (κ3) is 6.50. The molecule has 1 aliphatic carbocycles. The van der Waals surface area contributed by atoms with Gasteiger partial charge in [0.05, 0.1) is 5.52 Å². The fourth-order valence-electron chi connectivity index (χ4n) is 4.49. The first-order chi connectivity index (χ1) is 16.4. The maximum absolute atomic E-state index is 12.6. The van der Waals surface area contributed by atoms with Crippen molar-refractivity contribution in [1.29, 1.82) is 0 Å². The van der Waals surface area contributed by atoms with E-state index in [-0.39, 0.29) is 5.75 Å². The summed E-state index contributed by atoms with van der Waals surface area (Å²) in [4.78, 5) is 9.29. The van der Waals surface area contributed by atoms with Gasteiger partial charge in [-0.05, 0) is 74.9 Å². The first-order valence-electron chi connectivity index (χ1n) is 11.7. The third-order valence-corrected chi connectivity index (χ3v) is 6.22. The van der Waals surface area contributed by atoms with Crippen LogP contribution >= 0.6 is 0 Å². The molecule has 4 rings (SSSR count). The molecule has 0 spiro atoms. The minimum Gasteiger partial charge on any atom is -0.406 e. The van der Waals surface area contributed by atoms with Crippen molar-refractivity contribution >= 4 is 22.7 Å². The summed E-state index contributed by atoms with van der Waals surface area (Å²) in [5.41, 5.74) is 1.46. The predicted molar refractivity (Wildman–Crippen MR) is 128 cm³/mol. The molecule has 1 saturated carbocycles. The van der Waals surface area contributed by atoms with Gasteiger partial charge in [-0.3, -0.25) is 0 Å². The standard InChI is InChI=1S/C25H30F3N5O/c1-29-23-20-7-3-4-8-21(20)32-24(33-23)31-19-12-10-17(11-13-19)16-30-15-14-18-6-2-5-9-22(18)34-25(26,27)28/h2-9,17,19,30H,10-16H2,1H3,(H2,29,31,32,33)/t17-,19+. The molecule has 9 heteroatoms. The highest BCUT2D eigenvalue weighted by atomic mass is 19.4. The number of aromatic nitrogens is 2. The van der Waals surface area contributed by atoms with Gasteiger partial charge in [0.25, 0.3) is 0 Å². The van der Waals surface area contributed by atoms with Gasteiger partial charge in [-0.2, -0.15) is 4.98 Å². The number of halogens is 3.